The Labute approximate surface area is 67.7 Å². The average molecular weight is 181 g/mol. The highest BCUT2D eigenvalue weighted by atomic mass is 32.2. The molecular weight excluding hydrogens is 170 g/mol. The summed E-state index contributed by atoms with van der Waals surface area (Å²) in [6.45, 7) is 3.23. The molecule has 0 aliphatic carbocycles. The first kappa shape index (κ1) is 10.4. The van der Waals surface area contributed by atoms with Gasteiger partial charge in [0.15, 0.2) is 0 Å². The SMILES string of the molecule is COC(=O)N(C(C)C)S(=O)O. The number of carbonyl (C=O) groups excluding carboxylic acids is 1. The van der Waals surface area contributed by atoms with Crippen molar-refractivity contribution >= 4 is 17.4 Å². The van der Waals surface area contributed by atoms with Crippen LogP contribution in [0.1, 0.15) is 13.8 Å². The van der Waals surface area contributed by atoms with E-state index in [-0.39, 0.29) is 6.04 Å². The van der Waals surface area contributed by atoms with Gasteiger partial charge in [-0.3, -0.25) is 4.55 Å². The zero-order valence-corrected chi connectivity index (χ0v) is 7.42. The monoisotopic (exact) mass is 181 g/mol. The third-order valence-electron chi connectivity index (χ3n) is 0.992. The summed E-state index contributed by atoms with van der Waals surface area (Å²) in [5, 5.41) is 0. The van der Waals surface area contributed by atoms with E-state index in [4.69, 9.17) is 4.55 Å². The van der Waals surface area contributed by atoms with Crippen LogP contribution in [-0.2, 0) is 16.0 Å². The largest absolute Gasteiger partial charge is 0.452 e. The Morgan fingerprint density at radius 1 is 1.64 bits per heavy atom. The summed E-state index contributed by atoms with van der Waals surface area (Å²) < 4.78 is 24.0. The van der Waals surface area contributed by atoms with Gasteiger partial charge in [-0.1, -0.05) is 0 Å². The number of ether oxygens (including phenoxy) is 1. The highest BCUT2D eigenvalue weighted by Gasteiger charge is 2.22. The van der Waals surface area contributed by atoms with Crippen molar-refractivity contribution in [1.29, 1.82) is 0 Å². The van der Waals surface area contributed by atoms with E-state index in [0.29, 0.717) is 0 Å². The zero-order chi connectivity index (χ0) is 9.02. The minimum absolute atomic E-state index is 0.353. The van der Waals surface area contributed by atoms with E-state index in [2.05, 4.69) is 4.74 Å². The molecule has 0 spiro atoms. The topological polar surface area (TPSA) is 66.8 Å². The molecule has 0 rings (SSSR count). The van der Waals surface area contributed by atoms with Crippen LogP contribution in [0.15, 0.2) is 0 Å². The Balaban J connectivity index is 4.34. The van der Waals surface area contributed by atoms with Crippen LogP contribution in [0.4, 0.5) is 4.79 Å². The first-order chi connectivity index (χ1) is 5.00. The standard InChI is InChI=1S/C5H11NO4S/c1-4(2)6(11(8)9)5(7)10-3/h4H,1-3H3,(H,8,9). The lowest BCUT2D eigenvalue weighted by Gasteiger charge is -2.19. The lowest BCUT2D eigenvalue weighted by Crippen LogP contribution is -2.37. The fourth-order valence-electron chi connectivity index (χ4n) is 0.545. The molecule has 1 unspecified atom stereocenters. The summed E-state index contributed by atoms with van der Waals surface area (Å²) in [6, 6.07) is -0.353. The molecule has 0 aliphatic rings. The van der Waals surface area contributed by atoms with Crippen molar-refractivity contribution in [3.63, 3.8) is 0 Å². The summed E-state index contributed by atoms with van der Waals surface area (Å²) >= 11 is -2.30. The lowest BCUT2D eigenvalue weighted by molar-refractivity contribution is 0.141. The number of nitrogens with zero attached hydrogens (tertiary/aromatic N) is 1. The van der Waals surface area contributed by atoms with Crippen molar-refractivity contribution in [3.8, 4) is 0 Å². The molecule has 0 saturated heterocycles. The molecule has 1 amide bonds. The molecule has 5 nitrogen and oxygen atoms in total. The lowest BCUT2D eigenvalue weighted by atomic mass is 10.4. The van der Waals surface area contributed by atoms with E-state index in [1.165, 1.54) is 0 Å². The van der Waals surface area contributed by atoms with Crippen LogP contribution in [0.3, 0.4) is 0 Å². The molecule has 0 aromatic rings. The Hall–Kier alpha value is -0.620. The van der Waals surface area contributed by atoms with Crippen molar-refractivity contribution in [2.24, 2.45) is 0 Å². The predicted octanol–water partition coefficient (Wildman–Crippen LogP) is 0.600. The van der Waals surface area contributed by atoms with Gasteiger partial charge >= 0.3 is 6.09 Å². The highest BCUT2D eigenvalue weighted by Crippen LogP contribution is 2.02. The number of carbonyl (C=O) groups is 1. The number of hydrogen-bond donors (Lipinski definition) is 1. The second-order valence-electron chi connectivity index (χ2n) is 2.12. The molecule has 0 radical (unpaired) electrons. The number of hydrogen-bond acceptors (Lipinski definition) is 3. The van der Waals surface area contributed by atoms with Crippen molar-refractivity contribution in [2.75, 3.05) is 7.11 Å². The van der Waals surface area contributed by atoms with Crippen LogP contribution in [0.5, 0.6) is 0 Å². The van der Waals surface area contributed by atoms with E-state index in [1.54, 1.807) is 13.8 Å². The Bertz CT molecular complexity index is 170. The maximum Gasteiger partial charge on any atom is 0.423 e. The van der Waals surface area contributed by atoms with Gasteiger partial charge in [0.2, 0.25) is 0 Å². The molecule has 0 aliphatic heterocycles. The quantitative estimate of drug-likeness (QED) is 0.633. The molecule has 1 atom stereocenters. The molecule has 0 heterocycles. The van der Waals surface area contributed by atoms with Gasteiger partial charge in [0, 0.05) is 6.04 Å². The van der Waals surface area contributed by atoms with Gasteiger partial charge in [-0.25, -0.2) is 13.3 Å². The average Bonchev–Trinajstić information content (AvgIpc) is 1.85. The van der Waals surface area contributed by atoms with E-state index >= 15 is 0 Å². The molecule has 0 aromatic carbocycles. The molecule has 0 saturated carbocycles. The summed E-state index contributed by atoms with van der Waals surface area (Å²) in [6.07, 6.45) is -0.805. The molecule has 11 heavy (non-hydrogen) atoms. The summed E-state index contributed by atoms with van der Waals surface area (Å²) in [5.74, 6) is 0. The van der Waals surface area contributed by atoms with Gasteiger partial charge in [0.25, 0.3) is 11.3 Å². The highest BCUT2D eigenvalue weighted by molar-refractivity contribution is 7.77. The Kier molecular flexibility index (Phi) is 4.06. The van der Waals surface area contributed by atoms with Gasteiger partial charge < -0.3 is 4.74 Å². The molecule has 1 N–H and O–H groups in total. The fraction of sp³-hybridized carbons (Fsp3) is 0.800. The van der Waals surface area contributed by atoms with E-state index < -0.39 is 17.4 Å². The minimum atomic E-state index is -2.30. The second-order valence-corrected chi connectivity index (χ2v) is 2.98. The summed E-state index contributed by atoms with van der Waals surface area (Å²) in [7, 11) is 1.16. The zero-order valence-electron chi connectivity index (χ0n) is 6.60. The number of rotatable bonds is 2. The van der Waals surface area contributed by atoms with Crippen LogP contribution in [-0.4, -0.2) is 32.3 Å². The van der Waals surface area contributed by atoms with Crippen molar-refractivity contribution in [2.45, 2.75) is 19.9 Å². The van der Waals surface area contributed by atoms with Crippen LogP contribution >= 0.6 is 0 Å². The third kappa shape index (κ3) is 2.85. The van der Waals surface area contributed by atoms with Gasteiger partial charge in [0.05, 0.1) is 7.11 Å². The van der Waals surface area contributed by atoms with Crippen molar-refractivity contribution in [3.05, 3.63) is 0 Å². The maximum absolute atomic E-state index is 10.7. The molecule has 6 heteroatoms. The second kappa shape index (κ2) is 4.30. The first-order valence-electron chi connectivity index (χ1n) is 2.98. The molecule has 0 bridgehead atoms. The maximum atomic E-state index is 10.7. The normalized spacial score (nSPS) is 12.8. The van der Waals surface area contributed by atoms with Crippen LogP contribution < -0.4 is 0 Å². The first-order valence-corrected chi connectivity index (χ1v) is 4.05. The van der Waals surface area contributed by atoms with Crippen LogP contribution in [0, 0.1) is 0 Å². The summed E-state index contributed by atoms with van der Waals surface area (Å²) in [4.78, 5) is 10.7. The minimum Gasteiger partial charge on any atom is -0.452 e. The van der Waals surface area contributed by atoms with Gasteiger partial charge in [-0.05, 0) is 13.8 Å². The molecule has 0 fully saturated rings. The van der Waals surface area contributed by atoms with E-state index in [0.717, 1.165) is 11.4 Å². The number of amides is 1. The summed E-state index contributed by atoms with van der Waals surface area (Å²) in [5.41, 5.74) is 0. The molecular formula is C5H11NO4S. The smallest absolute Gasteiger partial charge is 0.423 e. The van der Waals surface area contributed by atoms with E-state index in [1.807, 2.05) is 0 Å². The van der Waals surface area contributed by atoms with Gasteiger partial charge in [-0.15, -0.1) is 0 Å². The number of methoxy groups -OCH3 is 1. The van der Waals surface area contributed by atoms with Gasteiger partial charge in [0.1, 0.15) is 0 Å². The van der Waals surface area contributed by atoms with Crippen LogP contribution in [0.2, 0.25) is 0 Å². The predicted molar refractivity (Wildman–Crippen MR) is 40.2 cm³/mol. The molecule has 66 valence electrons. The van der Waals surface area contributed by atoms with Crippen molar-refractivity contribution in [1.82, 2.24) is 4.31 Å². The molecule has 0 aromatic heterocycles. The van der Waals surface area contributed by atoms with Crippen LogP contribution in [0.25, 0.3) is 0 Å². The van der Waals surface area contributed by atoms with Gasteiger partial charge in [-0.2, -0.15) is 0 Å². The Morgan fingerprint density at radius 2 is 2.09 bits per heavy atom. The van der Waals surface area contributed by atoms with E-state index in [9.17, 15) is 9.00 Å². The third-order valence-corrected chi connectivity index (χ3v) is 1.90. The van der Waals surface area contributed by atoms with Crippen molar-refractivity contribution < 1.29 is 18.3 Å². The fourth-order valence-corrected chi connectivity index (χ4v) is 1.11. The Morgan fingerprint density at radius 3 is 2.18 bits per heavy atom.